The molecule has 2 aliphatic rings. The van der Waals surface area contributed by atoms with Gasteiger partial charge in [0.1, 0.15) is 29.0 Å². The molecule has 1 aromatic carbocycles. The van der Waals surface area contributed by atoms with Crippen LogP contribution in [0, 0.1) is 0 Å². The average Bonchev–Trinajstić information content (AvgIpc) is 2.99. The van der Waals surface area contributed by atoms with E-state index in [4.69, 9.17) is 9.47 Å². The molecular weight excluding hydrogens is 440 g/mol. The number of imide groups is 1. The normalized spacial score (nSPS) is 20.4. The number of hydrogen-bond donors (Lipinski definition) is 1. The Kier molecular flexibility index (Phi) is 6.53. The topological polar surface area (TPSA) is 112 Å². The van der Waals surface area contributed by atoms with E-state index < -0.39 is 17.6 Å². The summed E-state index contributed by atoms with van der Waals surface area (Å²) >= 11 is 0. The lowest BCUT2D eigenvalue weighted by molar-refractivity contribution is -0.156. The van der Waals surface area contributed by atoms with Crippen molar-refractivity contribution in [2.75, 3.05) is 19.6 Å². The number of amides is 2. The maximum Gasteiger partial charge on any atom is 0.329 e. The highest BCUT2D eigenvalue weighted by atomic mass is 16.6. The Morgan fingerprint density at radius 1 is 1.12 bits per heavy atom. The fourth-order valence-corrected chi connectivity index (χ4v) is 4.65. The van der Waals surface area contributed by atoms with E-state index in [0.29, 0.717) is 29.9 Å². The van der Waals surface area contributed by atoms with E-state index in [1.165, 1.54) is 9.13 Å². The molecule has 0 saturated carbocycles. The van der Waals surface area contributed by atoms with Crippen molar-refractivity contribution in [3.05, 3.63) is 28.7 Å². The third kappa shape index (κ3) is 5.01. The van der Waals surface area contributed by atoms with Crippen molar-refractivity contribution in [1.82, 2.24) is 19.4 Å². The molecule has 184 valence electrons. The fraction of sp³-hybridized carbons (Fsp3) is 0.583. The maximum atomic E-state index is 13.1. The van der Waals surface area contributed by atoms with Gasteiger partial charge in [0, 0.05) is 26.6 Å². The molecule has 2 aromatic rings. The van der Waals surface area contributed by atoms with Crippen molar-refractivity contribution in [3.8, 4) is 5.75 Å². The van der Waals surface area contributed by atoms with E-state index in [2.05, 4.69) is 10.2 Å². The molecule has 2 fully saturated rings. The van der Waals surface area contributed by atoms with Crippen LogP contribution < -0.4 is 15.7 Å². The van der Waals surface area contributed by atoms with Gasteiger partial charge in [-0.3, -0.25) is 33.7 Å². The summed E-state index contributed by atoms with van der Waals surface area (Å²) in [7, 11) is 1.66. The molecule has 4 rings (SSSR count). The summed E-state index contributed by atoms with van der Waals surface area (Å²) in [5.41, 5.74) is 0.389. The van der Waals surface area contributed by atoms with Crippen molar-refractivity contribution >= 4 is 28.8 Å². The highest BCUT2D eigenvalue weighted by molar-refractivity contribution is 6.00. The molecule has 1 atom stereocenters. The van der Waals surface area contributed by atoms with Crippen molar-refractivity contribution in [2.45, 2.75) is 64.2 Å². The number of nitrogens with one attached hydrogen (secondary N) is 1. The molecule has 1 N–H and O–H groups in total. The molecule has 0 radical (unpaired) electrons. The quantitative estimate of drug-likeness (QED) is 0.518. The number of imidazole rings is 1. The second-order valence-corrected chi connectivity index (χ2v) is 9.98. The molecule has 0 aliphatic carbocycles. The second-order valence-electron chi connectivity index (χ2n) is 9.98. The number of aryl methyl sites for hydroxylation is 1. The second kappa shape index (κ2) is 9.25. The van der Waals surface area contributed by atoms with Crippen LogP contribution in [-0.2, 0) is 26.2 Å². The number of likely N-dealkylation sites (tertiary alicyclic amines) is 1. The van der Waals surface area contributed by atoms with Crippen LogP contribution in [0.4, 0.5) is 0 Å². The number of piperidine rings is 2. The first-order chi connectivity index (χ1) is 16.0. The minimum Gasteiger partial charge on any atom is -0.488 e. The predicted octanol–water partition coefficient (Wildman–Crippen LogP) is 1.50. The van der Waals surface area contributed by atoms with Gasteiger partial charge in [-0.05, 0) is 52.2 Å². The summed E-state index contributed by atoms with van der Waals surface area (Å²) in [6.07, 6.45) is 1.89. The summed E-state index contributed by atoms with van der Waals surface area (Å²) in [6.45, 7) is 7.22. The van der Waals surface area contributed by atoms with E-state index >= 15 is 0 Å². The summed E-state index contributed by atoms with van der Waals surface area (Å²) < 4.78 is 14.7. The van der Waals surface area contributed by atoms with Crippen LogP contribution in [0.15, 0.2) is 23.0 Å². The van der Waals surface area contributed by atoms with Crippen LogP contribution in [0.2, 0.25) is 0 Å². The third-order valence-electron chi connectivity index (χ3n) is 6.19. The number of rotatable bonds is 5. The van der Waals surface area contributed by atoms with Gasteiger partial charge in [-0.1, -0.05) is 6.07 Å². The van der Waals surface area contributed by atoms with E-state index in [-0.39, 0.29) is 43.1 Å². The number of para-hydroxylation sites is 1. The van der Waals surface area contributed by atoms with Crippen LogP contribution >= 0.6 is 0 Å². The molecule has 3 heterocycles. The van der Waals surface area contributed by atoms with E-state index in [1.807, 2.05) is 26.8 Å². The van der Waals surface area contributed by atoms with Crippen LogP contribution in [-0.4, -0.2) is 63.2 Å². The molecule has 2 saturated heterocycles. The zero-order valence-electron chi connectivity index (χ0n) is 20.1. The number of benzene rings is 1. The first kappa shape index (κ1) is 24.0. The van der Waals surface area contributed by atoms with E-state index in [1.54, 1.807) is 19.2 Å². The van der Waals surface area contributed by atoms with Crippen molar-refractivity contribution < 1.29 is 23.9 Å². The van der Waals surface area contributed by atoms with Gasteiger partial charge >= 0.3 is 11.7 Å². The molecule has 0 bridgehead atoms. The number of aromatic nitrogens is 2. The monoisotopic (exact) mass is 472 g/mol. The molecule has 0 spiro atoms. The number of carbonyl (C=O) groups is 3. The van der Waals surface area contributed by atoms with Gasteiger partial charge in [0.25, 0.3) is 0 Å². The minimum absolute atomic E-state index is 0.0606. The SMILES string of the molecule is Cn1c(=O)n(C2CCC(=O)NC2=O)c2cccc(OC3CCN(CC(=O)OC(C)(C)C)CC3)c21. The zero-order chi connectivity index (χ0) is 24.6. The Bertz CT molecular complexity index is 1170. The van der Waals surface area contributed by atoms with Crippen molar-refractivity contribution in [1.29, 1.82) is 0 Å². The van der Waals surface area contributed by atoms with Gasteiger partial charge in [-0.25, -0.2) is 4.79 Å². The summed E-state index contributed by atoms with van der Waals surface area (Å²) in [6, 6.07) is 4.68. The Morgan fingerprint density at radius 3 is 2.47 bits per heavy atom. The number of esters is 1. The predicted molar refractivity (Wildman–Crippen MR) is 125 cm³/mol. The number of hydrogen-bond acceptors (Lipinski definition) is 7. The zero-order valence-corrected chi connectivity index (χ0v) is 20.1. The summed E-state index contributed by atoms with van der Waals surface area (Å²) in [4.78, 5) is 51.2. The molecule has 34 heavy (non-hydrogen) atoms. The Morgan fingerprint density at radius 2 is 1.82 bits per heavy atom. The van der Waals surface area contributed by atoms with Gasteiger partial charge in [-0.2, -0.15) is 0 Å². The Balaban J connectivity index is 1.48. The van der Waals surface area contributed by atoms with Crippen LogP contribution in [0.25, 0.3) is 11.0 Å². The first-order valence-electron chi connectivity index (χ1n) is 11.7. The standard InChI is InChI=1S/C24H32N4O6/c1-24(2,3)34-20(30)14-27-12-10-15(11-13-27)33-18-7-5-6-16-21(18)26(4)23(32)28(16)17-8-9-19(29)25-22(17)31/h5-7,15,17H,8-14H2,1-4H3,(H,25,29,31). The Hall–Kier alpha value is -3.14. The lowest BCUT2D eigenvalue weighted by atomic mass is 10.1. The fourth-order valence-electron chi connectivity index (χ4n) is 4.65. The van der Waals surface area contributed by atoms with E-state index in [9.17, 15) is 19.2 Å². The summed E-state index contributed by atoms with van der Waals surface area (Å²) in [5, 5.41) is 2.32. The largest absolute Gasteiger partial charge is 0.488 e. The lowest BCUT2D eigenvalue weighted by Crippen LogP contribution is -2.44. The molecular formula is C24H32N4O6. The molecule has 10 heteroatoms. The molecule has 2 amide bonds. The average molecular weight is 473 g/mol. The molecule has 1 unspecified atom stereocenters. The number of carbonyl (C=O) groups excluding carboxylic acids is 3. The highest BCUT2D eigenvalue weighted by Crippen LogP contribution is 2.30. The van der Waals surface area contributed by atoms with Gasteiger partial charge in [0.15, 0.2) is 0 Å². The lowest BCUT2D eigenvalue weighted by Gasteiger charge is -2.32. The van der Waals surface area contributed by atoms with Crippen LogP contribution in [0.1, 0.15) is 52.5 Å². The van der Waals surface area contributed by atoms with Gasteiger partial charge in [0.05, 0.1) is 12.1 Å². The van der Waals surface area contributed by atoms with E-state index in [0.717, 1.165) is 12.8 Å². The third-order valence-corrected chi connectivity index (χ3v) is 6.19. The maximum absolute atomic E-state index is 13.1. The van der Waals surface area contributed by atoms with Crippen LogP contribution in [0.3, 0.4) is 0 Å². The van der Waals surface area contributed by atoms with Crippen molar-refractivity contribution in [3.63, 3.8) is 0 Å². The van der Waals surface area contributed by atoms with Crippen molar-refractivity contribution in [2.24, 2.45) is 7.05 Å². The van der Waals surface area contributed by atoms with Gasteiger partial charge in [-0.15, -0.1) is 0 Å². The van der Waals surface area contributed by atoms with Gasteiger partial charge in [0.2, 0.25) is 11.8 Å². The van der Waals surface area contributed by atoms with Gasteiger partial charge < -0.3 is 9.47 Å². The first-order valence-corrected chi connectivity index (χ1v) is 11.7. The molecule has 2 aliphatic heterocycles. The van der Waals surface area contributed by atoms with Crippen LogP contribution in [0.5, 0.6) is 5.75 Å². The molecule has 10 nitrogen and oxygen atoms in total. The number of nitrogens with zero attached hydrogens (tertiary/aromatic N) is 3. The highest BCUT2D eigenvalue weighted by Gasteiger charge is 2.32. The number of ether oxygens (including phenoxy) is 2. The minimum atomic E-state index is -0.736. The Labute approximate surface area is 197 Å². The smallest absolute Gasteiger partial charge is 0.329 e. The molecule has 1 aromatic heterocycles. The number of fused-ring (bicyclic) bond motifs is 1. The summed E-state index contributed by atoms with van der Waals surface area (Å²) in [5.74, 6) is -0.443.